The fourth-order valence-corrected chi connectivity index (χ4v) is 6.14. The molecule has 0 unspecified atom stereocenters. The minimum absolute atomic E-state index is 0.139. The zero-order valence-electron chi connectivity index (χ0n) is 25.7. The van der Waals surface area contributed by atoms with Crippen molar-refractivity contribution in [2.75, 3.05) is 20.8 Å². The number of aromatic nitrogens is 4. The molecule has 0 atom stereocenters. The number of amides is 1. The molecule has 0 saturated heterocycles. The number of rotatable bonds is 11. The van der Waals surface area contributed by atoms with Crippen molar-refractivity contribution in [1.29, 1.82) is 5.41 Å². The largest absolute Gasteiger partial charge is 0.573 e. The summed E-state index contributed by atoms with van der Waals surface area (Å²) in [6.45, 7) is 0.400. The van der Waals surface area contributed by atoms with Crippen LogP contribution in [0.15, 0.2) is 90.3 Å². The Balaban J connectivity index is 1.22. The van der Waals surface area contributed by atoms with Crippen LogP contribution in [-0.2, 0) is 12.3 Å². The van der Waals surface area contributed by atoms with E-state index in [4.69, 9.17) is 19.9 Å². The quantitative estimate of drug-likeness (QED) is 0.103. The Kier molecular flexibility index (Phi) is 9.26. The van der Waals surface area contributed by atoms with E-state index in [0.29, 0.717) is 39.0 Å². The van der Waals surface area contributed by atoms with Crippen molar-refractivity contribution in [3.8, 4) is 28.4 Å². The Morgan fingerprint density at radius 2 is 1.77 bits per heavy atom. The second kappa shape index (κ2) is 13.7. The average Bonchev–Trinajstić information content (AvgIpc) is 3.52. The molecule has 3 heterocycles. The number of nitrogens with zero attached hydrogens (tertiary/aromatic N) is 3. The van der Waals surface area contributed by atoms with Crippen LogP contribution in [-0.4, -0.2) is 52.6 Å². The van der Waals surface area contributed by atoms with Gasteiger partial charge in [0.15, 0.2) is 16.7 Å². The Morgan fingerprint density at radius 1 is 1.00 bits per heavy atom. The number of thioether (sulfide) groups is 1. The summed E-state index contributed by atoms with van der Waals surface area (Å²) in [5, 5.41) is 13.8. The normalized spacial score (nSPS) is 11.5. The van der Waals surface area contributed by atoms with Gasteiger partial charge in [-0.25, -0.2) is 4.98 Å². The van der Waals surface area contributed by atoms with Crippen molar-refractivity contribution >= 4 is 39.5 Å². The molecule has 48 heavy (non-hydrogen) atoms. The number of H-pyrrole nitrogens is 1. The van der Waals surface area contributed by atoms with Crippen LogP contribution in [0, 0.1) is 5.41 Å². The highest BCUT2D eigenvalue weighted by Gasteiger charge is 2.31. The van der Waals surface area contributed by atoms with Crippen LogP contribution in [0.3, 0.4) is 0 Å². The summed E-state index contributed by atoms with van der Waals surface area (Å²) in [5.41, 5.74) is 4.52. The standard InChI is InChI=1S/C34H29F3N6O4S/c1-45-29-16-25-27(17-30(29)46-2)42-33(48-19-20-5-8-24(9-6-20)47-34(35,36)37)43(31(25)38)13-12-40-32(44)28-15-23-14-21(7-10-26(23)41-28)22-4-3-11-39-18-22/h3-11,14-18,38,41H,12-13,19H2,1-2H3,(H,40,44). The van der Waals surface area contributed by atoms with Gasteiger partial charge in [-0.05, 0) is 53.6 Å². The number of carbonyl (C=O) groups is 1. The first-order valence-corrected chi connectivity index (χ1v) is 15.6. The Morgan fingerprint density at radius 3 is 2.48 bits per heavy atom. The van der Waals surface area contributed by atoms with E-state index >= 15 is 0 Å². The second-order valence-corrected chi connectivity index (χ2v) is 11.5. The third kappa shape index (κ3) is 7.23. The minimum atomic E-state index is -4.78. The summed E-state index contributed by atoms with van der Waals surface area (Å²) < 4.78 is 54.3. The molecule has 0 bridgehead atoms. The Hall–Kier alpha value is -5.50. The third-order valence-electron chi connectivity index (χ3n) is 7.48. The zero-order valence-corrected chi connectivity index (χ0v) is 26.5. The van der Waals surface area contributed by atoms with Gasteiger partial charge in [0.05, 0.1) is 19.7 Å². The van der Waals surface area contributed by atoms with Gasteiger partial charge in [-0.15, -0.1) is 13.2 Å². The molecule has 3 aromatic carbocycles. The lowest BCUT2D eigenvalue weighted by Gasteiger charge is -2.16. The van der Waals surface area contributed by atoms with Crippen LogP contribution in [0.1, 0.15) is 16.1 Å². The van der Waals surface area contributed by atoms with Crippen LogP contribution in [0.4, 0.5) is 13.2 Å². The lowest BCUT2D eigenvalue weighted by molar-refractivity contribution is -0.274. The molecule has 6 aromatic rings. The van der Waals surface area contributed by atoms with Gasteiger partial charge in [-0.1, -0.05) is 36.0 Å². The van der Waals surface area contributed by atoms with Crippen molar-refractivity contribution in [1.82, 2.24) is 24.8 Å². The molecule has 0 aliphatic rings. The molecule has 0 fully saturated rings. The minimum Gasteiger partial charge on any atom is -0.493 e. The Bertz CT molecular complexity index is 2150. The highest BCUT2D eigenvalue weighted by Crippen LogP contribution is 2.32. The van der Waals surface area contributed by atoms with Crippen molar-refractivity contribution < 1.29 is 32.2 Å². The van der Waals surface area contributed by atoms with Gasteiger partial charge in [-0.2, -0.15) is 0 Å². The predicted molar refractivity (Wildman–Crippen MR) is 175 cm³/mol. The van der Waals surface area contributed by atoms with Crippen LogP contribution in [0.25, 0.3) is 32.9 Å². The monoisotopic (exact) mass is 674 g/mol. The number of benzene rings is 3. The van der Waals surface area contributed by atoms with Gasteiger partial charge in [0.2, 0.25) is 0 Å². The van der Waals surface area contributed by atoms with E-state index in [1.807, 2.05) is 30.3 Å². The highest BCUT2D eigenvalue weighted by molar-refractivity contribution is 7.98. The van der Waals surface area contributed by atoms with Gasteiger partial charge in [0, 0.05) is 59.2 Å². The average molecular weight is 675 g/mol. The molecule has 246 valence electrons. The summed E-state index contributed by atoms with van der Waals surface area (Å²) in [4.78, 5) is 25.3. The van der Waals surface area contributed by atoms with E-state index in [9.17, 15) is 18.0 Å². The van der Waals surface area contributed by atoms with E-state index in [-0.39, 0.29) is 30.2 Å². The first kappa shape index (κ1) is 32.4. The number of nitrogens with one attached hydrogen (secondary N) is 3. The summed E-state index contributed by atoms with van der Waals surface area (Å²) >= 11 is 1.30. The van der Waals surface area contributed by atoms with Crippen LogP contribution in [0.2, 0.25) is 0 Å². The Labute approximate surface area is 276 Å². The fraction of sp³-hybridized carbons (Fsp3) is 0.176. The number of hydrogen-bond acceptors (Lipinski definition) is 8. The van der Waals surface area contributed by atoms with Crippen molar-refractivity contribution in [3.63, 3.8) is 0 Å². The number of pyridine rings is 1. The van der Waals surface area contributed by atoms with E-state index < -0.39 is 6.36 Å². The second-order valence-electron chi connectivity index (χ2n) is 10.6. The maximum Gasteiger partial charge on any atom is 0.573 e. The van der Waals surface area contributed by atoms with E-state index in [1.165, 1.54) is 50.2 Å². The number of hydrogen-bond donors (Lipinski definition) is 3. The van der Waals surface area contributed by atoms with Gasteiger partial charge < -0.3 is 29.1 Å². The SMILES string of the molecule is COc1cc2nc(SCc3ccc(OC(F)(F)F)cc3)n(CCNC(=O)c3cc4cc(-c5cccnc5)ccc4[nH]3)c(=N)c2cc1OC. The molecule has 0 aliphatic heterocycles. The van der Waals surface area contributed by atoms with Crippen LogP contribution >= 0.6 is 11.8 Å². The lowest BCUT2D eigenvalue weighted by Crippen LogP contribution is -2.32. The fourth-order valence-electron chi connectivity index (χ4n) is 5.15. The van der Waals surface area contributed by atoms with Gasteiger partial charge in [-0.3, -0.25) is 15.2 Å². The van der Waals surface area contributed by atoms with Gasteiger partial charge in [0.25, 0.3) is 5.91 Å². The molecule has 1 amide bonds. The van der Waals surface area contributed by atoms with Crippen molar-refractivity contribution in [2.24, 2.45) is 0 Å². The van der Waals surface area contributed by atoms with E-state index in [2.05, 4.69) is 20.0 Å². The lowest BCUT2D eigenvalue weighted by atomic mass is 10.1. The first-order chi connectivity index (χ1) is 23.1. The maximum absolute atomic E-state index is 13.2. The molecule has 0 aliphatic carbocycles. The molecular weight excluding hydrogens is 645 g/mol. The molecule has 3 aromatic heterocycles. The van der Waals surface area contributed by atoms with E-state index in [1.54, 1.807) is 35.2 Å². The first-order valence-electron chi connectivity index (χ1n) is 14.6. The number of alkyl halides is 3. The summed E-state index contributed by atoms with van der Waals surface area (Å²) in [5.74, 6) is 0.609. The summed E-state index contributed by atoms with van der Waals surface area (Å²) in [7, 11) is 3.01. The van der Waals surface area contributed by atoms with Gasteiger partial charge in [0.1, 0.15) is 16.9 Å². The number of methoxy groups -OCH3 is 2. The van der Waals surface area contributed by atoms with E-state index in [0.717, 1.165) is 27.6 Å². The van der Waals surface area contributed by atoms with Crippen molar-refractivity contribution in [2.45, 2.75) is 23.8 Å². The molecule has 0 saturated carbocycles. The predicted octanol–water partition coefficient (Wildman–Crippen LogP) is 6.70. The molecule has 0 spiro atoms. The van der Waals surface area contributed by atoms with Crippen LogP contribution < -0.4 is 25.0 Å². The van der Waals surface area contributed by atoms with Crippen molar-refractivity contribution in [3.05, 3.63) is 102 Å². The third-order valence-corrected chi connectivity index (χ3v) is 8.53. The smallest absolute Gasteiger partial charge is 0.493 e. The molecular formula is C34H29F3N6O4S. The highest BCUT2D eigenvalue weighted by atomic mass is 32.2. The zero-order chi connectivity index (χ0) is 33.8. The van der Waals surface area contributed by atoms with Crippen LogP contribution in [0.5, 0.6) is 17.2 Å². The maximum atomic E-state index is 13.2. The molecule has 10 nitrogen and oxygen atoms in total. The number of carbonyl (C=O) groups excluding carboxylic acids is 1. The summed E-state index contributed by atoms with van der Waals surface area (Å²) in [6, 6.07) is 20.4. The number of ether oxygens (including phenoxy) is 3. The number of aromatic amines is 1. The summed E-state index contributed by atoms with van der Waals surface area (Å²) in [6.07, 6.45) is -1.28. The number of halogens is 3. The molecule has 6 rings (SSSR count). The molecule has 14 heteroatoms. The topological polar surface area (TPSA) is 127 Å². The molecule has 3 N–H and O–H groups in total. The number of fused-ring (bicyclic) bond motifs is 2. The van der Waals surface area contributed by atoms with Gasteiger partial charge >= 0.3 is 6.36 Å². The molecule has 0 radical (unpaired) electrons.